The van der Waals surface area contributed by atoms with Gasteiger partial charge in [-0.1, -0.05) is 31.5 Å². The molecule has 0 amide bonds. The molecule has 0 fully saturated rings. The summed E-state index contributed by atoms with van der Waals surface area (Å²) < 4.78 is 29.3. The van der Waals surface area contributed by atoms with Crippen LogP contribution in [0.2, 0.25) is 0 Å². The van der Waals surface area contributed by atoms with Gasteiger partial charge in [-0.05, 0) is 26.1 Å². The lowest BCUT2D eigenvalue weighted by molar-refractivity contribution is -0.0504. The van der Waals surface area contributed by atoms with Crippen molar-refractivity contribution in [1.29, 1.82) is 0 Å². The summed E-state index contributed by atoms with van der Waals surface area (Å²) in [6, 6.07) is 6.73. The zero-order valence-corrected chi connectivity index (χ0v) is 17.4. The molecule has 1 rings (SSSR count). The average Bonchev–Trinajstić information content (AvgIpc) is 2.56. The second-order valence-electron chi connectivity index (χ2n) is 5.50. The molecule has 0 saturated carbocycles. The summed E-state index contributed by atoms with van der Waals surface area (Å²) in [6.07, 6.45) is 2.37. The van der Waals surface area contributed by atoms with Crippen LogP contribution in [0.3, 0.4) is 0 Å². The number of guanidine groups is 1. The topological polar surface area (TPSA) is 48.9 Å². The highest BCUT2D eigenvalue weighted by atomic mass is 127. The zero-order valence-electron chi connectivity index (χ0n) is 15.1. The minimum absolute atomic E-state index is 0. The number of hydrogen-bond donors (Lipinski definition) is 2. The molecule has 1 aromatic rings. The third kappa shape index (κ3) is 10.4. The number of para-hydroxylation sites is 1. The van der Waals surface area contributed by atoms with Gasteiger partial charge in [-0.2, -0.15) is 8.78 Å². The predicted molar refractivity (Wildman–Crippen MR) is 109 cm³/mol. The molecule has 0 aliphatic carbocycles. The van der Waals surface area contributed by atoms with Gasteiger partial charge in [0.25, 0.3) is 0 Å². The van der Waals surface area contributed by atoms with E-state index in [0.717, 1.165) is 19.6 Å². The number of nitrogens with one attached hydrogen (secondary N) is 2. The number of ether oxygens (including phenoxy) is 1. The van der Waals surface area contributed by atoms with E-state index in [4.69, 9.17) is 0 Å². The standard InChI is InChI=1S/C17H28F2N4O.HI/c1-4-5-11-23(3)12-10-21-17(20-2)22-13-14-8-6-7-9-15(14)24-16(18)19;/h6-9,16H,4-5,10-13H2,1-3H3,(H2,20,21,22);1H. The maximum Gasteiger partial charge on any atom is 0.387 e. The molecule has 0 aliphatic rings. The molecule has 0 aliphatic heterocycles. The third-order valence-corrected chi connectivity index (χ3v) is 3.54. The van der Waals surface area contributed by atoms with Crippen molar-refractivity contribution in [3.05, 3.63) is 29.8 Å². The Kier molecular flexibility index (Phi) is 13.4. The fraction of sp³-hybridized carbons (Fsp3) is 0.588. The summed E-state index contributed by atoms with van der Waals surface area (Å²) >= 11 is 0. The first-order valence-corrected chi connectivity index (χ1v) is 8.22. The van der Waals surface area contributed by atoms with Crippen molar-refractivity contribution >= 4 is 29.9 Å². The third-order valence-electron chi connectivity index (χ3n) is 3.54. The molecule has 0 bridgehead atoms. The molecule has 0 radical (unpaired) electrons. The van der Waals surface area contributed by atoms with Crippen molar-refractivity contribution in [2.45, 2.75) is 32.9 Å². The summed E-state index contributed by atoms with van der Waals surface area (Å²) in [5, 5.41) is 6.33. The van der Waals surface area contributed by atoms with Gasteiger partial charge >= 0.3 is 6.61 Å². The Balaban J connectivity index is 0.00000576. The highest BCUT2D eigenvalue weighted by molar-refractivity contribution is 14.0. The van der Waals surface area contributed by atoms with E-state index in [1.807, 2.05) is 0 Å². The van der Waals surface area contributed by atoms with E-state index in [-0.39, 0.29) is 29.7 Å². The fourth-order valence-corrected chi connectivity index (χ4v) is 2.17. The first kappa shape index (κ1) is 23.8. The van der Waals surface area contributed by atoms with Crippen LogP contribution in [0.25, 0.3) is 0 Å². The van der Waals surface area contributed by atoms with Crippen LogP contribution in [0.1, 0.15) is 25.3 Å². The van der Waals surface area contributed by atoms with Crippen molar-refractivity contribution in [3.8, 4) is 5.75 Å². The number of hydrogen-bond acceptors (Lipinski definition) is 3. The number of halogens is 3. The number of alkyl halides is 2. The van der Waals surface area contributed by atoms with Gasteiger partial charge in [0.05, 0.1) is 0 Å². The number of likely N-dealkylation sites (N-methyl/N-ethyl adjacent to an activating group) is 1. The van der Waals surface area contributed by atoms with Crippen molar-refractivity contribution in [2.24, 2.45) is 4.99 Å². The van der Waals surface area contributed by atoms with Crippen molar-refractivity contribution in [2.75, 3.05) is 33.7 Å². The number of aliphatic imine (C=N–C) groups is 1. The van der Waals surface area contributed by atoms with E-state index in [0.29, 0.717) is 18.1 Å². The number of benzene rings is 1. The smallest absolute Gasteiger partial charge is 0.387 e. The Bertz CT molecular complexity index is 503. The molecule has 144 valence electrons. The van der Waals surface area contributed by atoms with Crippen molar-refractivity contribution in [1.82, 2.24) is 15.5 Å². The van der Waals surface area contributed by atoms with Crippen LogP contribution >= 0.6 is 24.0 Å². The molecule has 0 heterocycles. The average molecular weight is 470 g/mol. The lowest BCUT2D eigenvalue weighted by atomic mass is 10.2. The predicted octanol–water partition coefficient (Wildman–Crippen LogP) is 3.30. The van der Waals surface area contributed by atoms with E-state index in [9.17, 15) is 8.78 Å². The minimum Gasteiger partial charge on any atom is -0.434 e. The molecule has 0 unspecified atom stereocenters. The maximum atomic E-state index is 12.4. The van der Waals surface area contributed by atoms with Crippen LogP contribution in [-0.4, -0.2) is 51.2 Å². The van der Waals surface area contributed by atoms with E-state index in [1.165, 1.54) is 18.9 Å². The molecule has 8 heteroatoms. The van der Waals surface area contributed by atoms with Crippen LogP contribution in [0.5, 0.6) is 5.75 Å². The summed E-state index contributed by atoms with van der Waals surface area (Å²) in [4.78, 5) is 6.40. The monoisotopic (exact) mass is 470 g/mol. The summed E-state index contributed by atoms with van der Waals surface area (Å²) in [5.41, 5.74) is 0.654. The second-order valence-corrected chi connectivity index (χ2v) is 5.50. The van der Waals surface area contributed by atoms with Crippen molar-refractivity contribution < 1.29 is 13.5 Å². The number of nitrogens with zero attached hydrogens (tertiary/aromatic N) is 2. The minimum atomic E-state index is -2.83. The Morgan fingerprint density at radius 2 is 1.96 bits per heavy atom. The van der Waals surface area contributed by atoms with Gasteiger partial charge in [-0.3, -0.25) is 4.99 Å². The Morgan fingerprint density at radius 3 is 2.60 bits per heavy atom. The number of unbranched alkanes of at least 4 members (excludes halogenated alkanes) is 1. The summed E-state index contributed by atoms with van der Waals surface area (Å²) in [7, 11) is 3.77. The molecular weight excluding hydrogens is 441 g/mol. The van der Waals surface area contributed by atoms with Gasteiger partial charge in [-0.25, -0.2) is 0 Å². The molecular formula is C17H29F2IN4O. The highest BCUT2D eigenvalue weighted by Gasteiger charge is 2.09. The Morgan fingerprint density at radius 1 is 1.24 bits per heavy atom. The van der Waals surface area contributed by atoms with E-state index < -0.39 is 6.61 Å². The van der Waals surface area contributed by atoms with E-state index in [2.05, 4.69) is 39.2 Å². The second kappa shape index (κ2) is 14.1. The number of rotatable bonds is 10. The van der Waals surface area contributed by atoms with Crippen LogP contribution < -0.4 is 15.4 Å². The largest absolute Gasteiger partial charge is 0.434 e. The first-order valence-electron chi connectivity index (χ1n) is 8.22. The molecule has 25 heavy (non-hydrogen) atoms. The SMILES string of the molecule is CCCCN(C)CCNC(=NC)NCc1ccccc1OC(F)F.I. The van der Waals surface area contributed by atoms with Crippen LogP contribution in [0.4, 0.5) is 8.78 Å². The highest BCUT2D eigenvalue weighted by Crippen LogP contribution is 2.19. The van der Waals surface area contributed by atoms with Gasteiger partial charge in [0.1, 0.15) is 5.75 Å². The van der Waals surface area contributed by atoms with Crippen LogP contribution in [0, 0.1) is 0 Å². The van der Waals surface area contributed by atoms with Crippen molar-refractivity contribution in [3.63, 3.8) is 0 Å². The summed E-state index contributed by atoms with van der Waals surface area (Å²) in [6.45, 7) is 2.44. The van der Waals surface area contributed by atoms with Gasteiger partial charge in [0.2, 0.25) is 0 Å². The normalized spacial score (nSPS) is 11.4. The van der Waals surface area contributed by atoms with Crippen LogP contribution in [-0.2, 0) is 6.54 Å². The van der Waals surface area contributed by atoms with Crippen LogP contribution in [0.15, 0.2) is 29.3 Å². The molecule has 1 aromatic carbocycles. The Hall–Kier alpha value is -1.16. The fourth-order valence-electron chi connectivity index (χ4n) is 2.17. The maximum absolute atomic E-state index is 12.4. The van der Waals surface area contributed by atoms with E-state index in [1.54, 1.807) is 25.2 Å². The quantitative estimate of drug-likeness (QED) is 0.313. The van der Waals surface area contributed by atoms with Gasteiger partial charge in [-0.15, -0.1) is 24.0 Å². The molecule has 0 atom stereocenters. The molecule has 0 aromatic heterocycles. The molecule has 5 nitrogen and oxygen atoms in total. The van der Waals surface area contributed by atoms with Gasteiger partial charge in [0.15, 0.2) is 5.96 Å². The Labute approximate surface area is 166 Å². The zero-order chi connectivity index (χ0) is 17.8. The summed E-state index contributed by atoms with van der Waals surface area (Å²) in [5.74, 6) is 0.806. The molecule has 0 saturated heterocycles. The lowest BCUT2D eigenvalue weighted by Crippen LogP contribution is -2.40. The van der Waals surface area contributed by atoms with E-state index >= 15 is 0 Å². The lowest BCUT2D eigenvalue weighted by Gasteiger charge is -2.18. The van der Waals surface area contributed by atoms with Gasteiger partial charge in [0, 0.05) is 32.2 Å². The van der Waals surface area contributed by atoms with Gasteiger partial charge < -0.3 is 20.3 Å². The molecule has 2 N–H and O–H groups in total. The first-order chi connectivity index (χ1) is 11.6. The molecule has 0 spiro atoms.